The first kappa shape index (κ1) is 17.4. The maximum absolute atomic E-state index is 9.69. The summed E-state index contributed by atoms with van der Waals surface area (Å²) in [5.74, 6) is 0. The molecule has 0 saturated carbocycles. The quantitative estimate of drug-likeness (QED) is 0.863. The normalized spacial score (nSPS) is 13.9. The highest BCUT2D eigenvalue weighted by Crippen LogP contribution is 2.11. The van der Waals surface area contributed by atoms with Crippen LogP contribution in [0.25, 0.3) is 12.2 Å². The summed E-state index contributed by atoms with van der Waals surface area (Å²) >= 11 is 0. The third kappa shape index (κ3) is 4.40. The van der Waals surface area contributed by atoms with Gasteiger partial charge in [-0.25, -0.2) is 0 Å². The molecule has 1 aromatic heterocycles. The van der Waals surface area contributed by atoms with E-state index < -0.39 is 0 Å². The largest absolute Gasteiger partial charge is 0.392 e. The van der Waals surface area contributed by atoms with Gasteiger partial charge in [-0.2, -0.15) is 0 Å². The molecule has 1 aliphatic carbocycles. The Morgan fingerprint density at radius 1 is 1.24 bits per heavy atom. The van der Waals surface area contributed by atoms with Gasteiger partial charge in [0, 0.05) is 11.4 Å². The van der Waals surface area contributed by atoms with Crippen molar-refractivity contribution in [2.75, 3.05) is 0 Å². The highest BCUT2D eigenvalue weighted by atomic mass is 16.3. The van der Waals surface area contributed by atoms with Crippen LogP contribution in [0.1, 0.15) is 51.7 Å². The van der Waals surface area contributed by atoms with Crippen LogP contribution >= 0.6 is 0 Å². The number of allylic oxidation sites excluding steroid dienone is 4. The van der Waals surface area contributed by atoms with Gasteiger partial charge in [0.25, 0.3) is 0 Å². The summed E-state index contributed by atoms with van der Waals surface area (Å²) in [5, 5.41) is 11.8. The molecular weight excluding hydrogens is 258 g/mol. The summed E-state index contributed by atoms with van der Waals surface area (Å²) in [7, 11) is 0. The minimum atomic E-state index is 0.0807. The topological polar surface area (TPSA) is 33.1 Å². The van der Waals surface area contributed by atoms with Crippen molar-refractivity contribution in [1.82, 2.24) is 4.98 Å². The molecule has 0 aliphatic heterocycles. The maximum atomic E-state index is 9.69. The summed E-state index contributed by atoms with van der Waals surface area (Å²) in [4.78, 5) is 4.53. The summed E-state index contributed by atoms with van der Waals surface area (Å²) in [6, 6.07) is 0. The van der Waals surface area contributed by atoms with Gasteiger partial charge in [0.2, 0.25) is 0 Å². The Kier molecular flexibility index (Phi) is 7.70. The standard InChI is InChI=1S/C17H21NO.C2H6/c1-3-7-13(4-2)10-14-11-18-17-9-6-5-8-15(17)16(14)12-19;1-2/h3-4,7-9,11,19H,5-6,10,12H2,1-2H3;1-2H3/b7-3-,13-4+;. The predicted octanol–water partition coefficient (Wildman–Crippen LogP) is 3.02. The second-order valence-corrected chi connectivity index (χ2v) is 4.74. The molecule has 0 spiro atoms. The first-order valence-electron chi connectivity index (χ1n) is 7.86. The van der Waals surface area contributed by atoms with Crippen LogP contribution in [0.15, 0.2) is 30.0 Å². The summed E-state index contributed by atoms with van der Waals surface area (Å²) in [6.45, 7) is 8.14. The number of rotatable bonds is 4. The van der Waals surface area contributed by atoms with Crippen molar-refractivity contribution in [3.8, 4) is 0 Å². The van der Waals surface area contributed by atoms with Crippen molar-refractivity contribution in [2.45, 2.75) is 53.6 Å². The van der Waals surface area contributed by atoms with Gasteiger partial charge in [-0.15, -0.1) is 0 Å². The SMILES string of the molecule is C/C=C\C(=C/C)Cc1cnc2c(c1CO)=CCCC=2.CC. The molecule has 0 saturated heterocycles. The molecule has 0 radical (unpaired) electrons. The smallest absolute Gasteiger partial charge is 0.0691 e. The van der Waals surface area contributed by atoms with Crippen molar-refractivity contribution in [1.29, 1.82) is 0 Å². The van der Waals surface area contributed by atoms with Gasteiger partial charge in [0.1, 0.15) is 0 Å². The van der Waals surface area contributed by atoms with Crippen LogP contribution in [0.5, 0.6) is 0 Å². The Bertz CT molecular complexity index is 624. The molecule has 2 rings (SSSR count). The Balaban J connectivity index is 0.00000106. The molecular formula is C19H27NO. The van der Waals surface area contributed by atoms with Crippen LogP contribution < -0.4 is 10.6 Å². The van der Waals surface area contributed by atoms with Gasteiger partial charge in [-0.3, -0.25) is 4.98 Å². The van der Waals surface area contributed by atoms with Crippen molar-refractivity contribution < 1.29 is 5.11 Å². The van der Waals surface area contributed by atoms with Crippen LogP contribution in [0.3, 0.4) is 0 Å². The highest BCUT2D eigenvalue weighted by molar-refractivity contribution is 5.42. The maximum Gasteiger partial charge on any atom is 0.0691 e. The van der Waals surface area contributed by atoms with Gasteiger partial charge in [-0.05, 0) is 49.8 Å². The van der Waals surface area contributed by atoms with Crippen molar-refractivity contribution in [3.05, 3.63) is 51.7 Å². The monoisotopic (exact) mass is 285 g/mol. The van der Waals surface area contributed by atoms with Crippen LogP contribution in [-0.2, 0) is 13.0 Å². The molecule has 0 unspecified atom stereocenters. The number of aliphatic hydroxyl groups excluding tert-OH is 1. The molecule has 0 fully saturated rings. The van der Waals surface area contributed by atoms with Crippen LogP contribution in [-0.4, -0.2) is 10.1 Å². The number of aliphatic hydroxyl groups is 1. The number of fused-ring (bicyclic) bond motifs is 1. The lowest BCUT2D eigenvalue weighted by molar-refractivity contribution is 0.279. The van der Waals surface area contributed by atoms with E-state index in [0.717, 1.165) is 41.0 Å². The highest BCUT2D eigenvalue weighted by Gasteiger charge is 2.08. The third-order valence-corrected chi connectivity index (χ3v) is 3.51. The van der Waals surface area contributed by atoms with E-state index in [1.165, 1.54) is 5.57 Å². The molecule has 21 heavy (non-hydrogen) atoms. The van der Waals surface area contributed by atoms with E-state index in [1.807, 2.05) is 40.0 Å². The van der Waals surface area contributed by atoms with Gasteiger partial charge in [-0.1, -0.05) is 44.2 Å². The van der Waals surface area contributed by atoms with Gasteiger partial charge in [0.05, 0.1) is 12.0 Å². The van der Waals surface area contributed by atoms with Gasteiger partial charge in [0.15, 0.2) is 0 Å². The Morgan fingerprint density at radius 2 is 1.95 bits per heavy atom. The molecule has 2 heteroatoms. The first-order chi connectivity index (χ1) is 10.3. The molecule has 1 heterocycles. The van der Waals surface area contributed by atoms with Crippen molar-refractivity contribution in [3.63, 3.8) is 0 Å². The molecule has 1 aliphatic rings. The number of aromatic nitrogens is 1. The van der Waals surface area contributed by atoms with Crippen LogP contribution in [0.2, 0.25) is 0 Å². The minimum absolute atomic E-state index is 0.0807. The number of hydrogen-bond donors (Lipinski definition) is 1. The molecule has 114 valence electrons. The molecule has 2 nitrogen and oxygen atoms in total. The first-order valence-corrected chi connectivity index (χ1v) is 7.86. The van der Waals surface area contributed by atoms with E-state index >= 15 is 0 Å². The molecule has 0 atom stereocenters. The molecule has 1 aromatic rings. The van der Waals surface area contributed by atoms with Gasteiger partial charge < -0.3 is 5.11 Å². The second kappa shape index (κ2) is 9.30. The van der Waals surface area contributed by atoms with E-state index in [9.17, 15) is 5.11 Å². The fourth-order valence-electron chi connectivity index (χ4n) is 2.49. The third-order valence-electron chi connectivity index (χ3n) is 3.51. The second-order valence-electron chi connectivity index (χ2n) is 4.74. The number of nitrogens with zero attached hydrogens (tertiary/aromatic N) is 1. The minimum Gasteiger partial charge on any atom is -0.392 e. The lowest BCUT2D eigenvalue weighted by Gasteiger charge is -2.11. The average molecular weight is 285 g/mol. The molecule has 0 aromatic carbocycles. The van der Waals surface area contributed by atoms with E-state index in [0.29, 0.717) is 0 Å². The zero-order valence-electron chi connectivity index (χ0n) is 13.7. The molecule has 0 amide bonds. The lowest BCUT2D eigenvalue weighted by atomic mass is 9.98. The van der Waals surface area contributed by atoms with Crippen molar-refractivity contribution in [2.24, 2.45) is 0 Å². The average Bonchev–Trinajstić information content (AvgIpc) is 2.56. The van der Waals surface area contributed by atoms with E-state index in [-0.39, 0.29) is 6.61 Å². The zero-order chi connectivity index (χ0) is 15.7. The molecule has 0 bridgehead atoms. The fourth-order valence-corrected chi connectivity index (χ4v) is 2.49. The van der Waals surface area contributed by atoms with Crippen LogP contribution in [0.4, 0.5) is 0 Å². The zero-order valence-corrected chi connectivity index (χ0v) is 13.7. The Hall–Kier alpha value is -1.67. The summed E-state index contributed by atoms with van der Waals surface area (Å²) in [5.41, 5.74) is 3.41. The molecule has 1 N–H and O–H groups in total. The van der Waals surface area contributed by atoms with E-state index in [4.69, 9.17) is 0 Å². The van der Waals surface area contributed by atoms with Crippen molar-refractivity contribution >= 4 is 12.2 Å². The predicted molar refractivity (Wildman–Crippen MR) is 91.2 cm³/mol. The van der Waals surface area contributed by atoms with E-state index in [2.05, 4.69) is 29.3 Å². The number of hydrogen-bond acceptors (Lipinski definition) is 2. The lowest BCUT2D eigenvalue weighted by Crippen LogP contribution is -2.34. The van der Waals surface area contributed by atoms with Gasteiger partial charge >= 0.3 is 0 Å². The van der Waals surface area contributed by atoms with Crippen LogP contribution in [0, 0.1) is 0 Å². The Labute approximate surface area is 128 Å². The summed E-state index contributed by atoms with van der Waals surface area (Å²) < 4.78 is 0. The Morgan fingerprint density at radius 3 is 2.57 bits per heavy atom. The van der Waals surface area contributed by atoms with E-state index in [1.54, 1.807) is 0 Å². The fraction of sp³-hybridized carbons (Fsp3) is 0.421. The number of pyridine rings is 1. The summed E-state index contributed by atoms with van der Waals surface area (Å²) in [6.07, 6.45) is 15.4.